The van der Waals surface area contributed by atoms with E-state index >= 15 is 0 Å². The van der Waals surface area contributed by atoms with Crippen molar-refractivity contribution >= 4 is 58.9 Å². The molecule has 0 bridgehead atoms. The smallest absolute Gasteiger partial charge is 0.329 e. The lowest BCUT2D eigenvalue weighted by Gasteiger charge is -2.21. The van der Waals surface area contributed by atoms with Gasteiger partial charge >= 0.3 is 6.03 Å². The van der Waals surface area contributed by atoms with E-state index in [9.17, 15) is 39.6 Å². The van der Waals surface area contributed by atoms with Gasteiger partial charge in [0.15, 0.2) is 25.4 Å². The van der Waals surface area contributed by atoms with Gasteiger partial charge in [0.05, 0.1) is 27.5 Å². The molecule has 0 saturated heterocycles. The molecule has 0 radical (unpaired) electrons. The second-order valence-corrected chi connectivity index (χ2v) is 33.3. The molecule has 0 aliphatic rings. The highest BCUT2D eigenvalue weighted by molar-refractivity contribution is 7.92. The SMILES string of the molecule is COc1ccc(-c2cccc(Oc3ccc(-c4ccncc4)cc3S(=O)(=O)CC(=O)CC(C)(C)C)c2)cc1.COc1ccc(-c2cccc(Oc3ccc(Cl)cc3S(=O)(=O)CC(=O)CC(C)(C)C)c2)cc1.COc1ccc(-c2cccc(Oc3ccncc3S(=O)(=O)NC(=O)NC(C)(C)C)c2)cc1. The van der Waals surface area contributed by atoms with Gasteiger partial charge in [-0.2, -0.15) is 0 Å². The molecule has 0 atom stereocenters. The monoisotopic (exact) mass is 1470 g/mol. The minimum absolute atomic E-state index is 0.0241. The molecule has 2 amide bonds. The van der Waals surface area contributed by atoms with Crippen molar-refractivity contribution in [2.75, 3.05) is 32.8 Å². The minimum Gasteiger partial charge on any atom is -0.497 e. The first-order chi connectivity index (χ1) is 48.6. The maximum atomic E-state index is 13.5. The summed E-state index contributed by atoms with van der Waals surface area (Å²) in [7, 11) is -7.32. The number of ketones is 2. The maximum Gasteiger partial charge on any atom is 0.329 e. The number of nitrogens with zero attached hydrogens (tertiary/aromatic N) is 2. The predicted molar refractivity (Wildman–Crippen MR) is 402 cm³/mol. The lowest BCUT2D eigenvalue weighted by molar-refractivity contribution is -0.119. The molecular weight excluding hydrogens is 1390 g/mol. The molecule has 103 heavy (non-hydrogen) atoms. The van der Waals surface area contributed by atoms with E-state index in [0.29, 0.717) is 22.8 Å². The number of amides is 2. The van der Waals surface area contributed by atoms with Gasteiger partial charge in [0.25, 0.3) is 10.0 Å². The molecule has 19 nitrogen and oxygen atoms in total. The fourth-order valence-electron chi connectivity index (χ4n) is 10.4. The number of carbonyl (C=O) groups excluding carboxylic acids is 3. The van der Waals surface area contributed by atoms with Crippen LogP contribution in [0.15, 0.2) is 240 Å². The number of rotatable bonds is 23. The Balaban J connectivity index is 0.000000197. The number of nitrogens with one attached hydrogen (secondary N) is 2. The number of sulfone groups is 2. The van der Waals surface area contributed by atoms with E-state index < -0.39 is 52.8 Å². The number of benzene rings is 8. The molecule has 0 fully saturated rings. The number of hydrogen-bond donors (Lipinski definition) is 2. The summed E-state index contributed by atoms with van der Waals surface area (Å²) in [5, 5.41) is 2.80. The number of pyridine rings is 2. The molecule has 0 aliphatic carbocycles. The van der Waals surface area contributed by atoms with Crippen LogP contribution in [0.25, 0.3) is 44.5 Å². The van der Waals surface area contributed by atoms with Crippen LogP contribution in [0.1, 0.15) is 75.2 Å². The van der Waals surface area contributed by atoms with E-state index in [1.807, 2.05) is 162 Å². The van der Waals surface area contributed by atoms with Gasteiger partial charge in [0, 0.05) is 48.1 Å². The number of methoxy groups -OCH3 is 3. The maximum absolute atomic E-state index is 13.5. The van der Waals surface area contributed by atoms with Crippen LogP contribution in [0.5, 0.6) is 51.7 Å². The quantitative estimate of drug-likeness (QED) is 0.0603. The van der Waals surface area contributed by atoms with Crippen molar-refractivity contribution in [3.05, 3.63) is 230 Å². The van der Waals surface area contributed by atoms with Crippen LogP contribution in [0.2, 0.25) is 5.02 Å². The Bertz CT molecular complexity index is 4960. The Morgan fingerprint density at radius 3 is 1.13 bits per heavy atom. The van der Waals surface area contributed by atoms with Gasteiger partial charge in [0.1, 0.15) is 83.8 Å². The Kier molecular flexibility index (Phi) is 25.9. The number of sulfonamides is 1. The fraction of sp³-hybridized carbons (Fsp3) is 0.237. The van der Waals surface area contributed by atoms with Crippen LogP contribution in [-0.2, 0) is 39.3 Å². The number of halogens is 1. The van der Waals surface area contributed by atoms with E-state index in [-0.39, 0.29) is 72.2 Å². The average molecular weight is 1470 g/mol. The highest BCUT2D eigenvalue weighted by Gasteiger charge is 2.30. The van der Waals surface area contributed by atoms with Crippen molar-refractivity contribution in [2.45, 2.75) is 95.4 Å². The first-order valence-electron chi connectivity index (χ1n) is 32.5. The molecule has 538 valence electrons. The summed E-state index contributed by atoms with van der Waals surface area (Å²) >= 11 is 6.08. The zero-order valence-electron chi connectivity index (χ0n) is 59.3. The number of hydrogen-bond acceptors (Lipinski definition) is 17. The van der Waals surface area contributed by atoms with Crippen molar-refractivity contribution in [2.24, 2.45) is 10.8 Å². The lowest BCUT2D eigenvalue weighted by Crippen LogP contribution is -2.48. The van der Waals surface area contributed by atoms with E-state index in [2.05, 4.69) is 15.3 Å². The van der Waals surface area contributed by atoms with Crippen molar-refractivity contribution < 1.29 is 68.1 Å². The van der Waals surface area contributed by atoms with Gasteiger partial charge < -0.3 is 33.7 Å². The standard InChI is InChI=1S/C31H31NO5S.C26H27ClO5S.C23H25N3O5S/c1-31(2,3)20-26(33)21-38(34,35)30-19-25(23-14-16-32-17-15-23)10-13-29(30)37-28-7-5-6-24(18-28)22-8-11-27(36-4)12-9-22;1-26(2,3)16-21(28)17-33(29,30)25-15-20(27)10-13-24(25)32-23-7-5-6-19(14-23)18-8-11-22(31-4)12-9-18;1-23(2,3)25-22(27)26-32(28,29)21-15-24-13-12-20(21)31-19-7-5-6-17(14-19)16-8-10-18(30-4)11-9-16/h5-19H,20-21H2,1-4H3;5-15H,16-17H2,1-4H3;5-15H,1-4H3,(H2,25,26,27). The summed E-state index contributed by atoms with van der Waals surface area (Å²) in [6, 6.07) is 58.3. The number of Topliss-reactive ketones (excluding diaryl/α,β-unsaturated/α-hetero) is 2. The molecule has 0 aliphatic heterocycles. The van der Waals surface area contributed by atoms with Crippen LogP contribution in [0.3, 0.4) is 0 Å². The Hall–Kier alpha value is -10.4. The summed E-state index contributed by atoms with van der Waals surface area (Å²) in [5.41, 5.74) is 5.83. The Labute approximate surface area is 608 Å². The molecule has 0 unspecified atom stereocenters. The number of urea groups is 1. The molecule has 23 heteroatoms. The first-order valence-corrected chi connectivity index (χ1v) is 37.6. The Morgan fingerprint density at radius 2 is 0.738 bits per heavy atom. The van der Waals surface area contributed by atoms with Gasteiger partial charge in [-0.15, -0.1) is 0 Å². The van der Waals surface area contributed by atoms with Crippen LogP contribution < -0.4 is 38.5 Å². The van der Waals surface area contributed by atoms with E-state index in [1.54, 1.807) is 121 Å². The number of aromatic nitrogens is 2. The second-order valence-electron chi connectivity index (χ2n) is 27.3. The van der Waals surface area contributed by atoms with Gasteiger partial charge in [-0.1, -0.05) is 132 Å². The molecule has 8 aromatic carbocycles. The van der Waals surface area contributed by atoms with Crippen molar-refractivity contribution in [1.29, 1.82) is 0 Å². The summed E-state index contributed by atoms with van der Waals surface area (Å²) in [4.78, 5) is 44.7. The summed E-state index contributed by atoms with van der Waals surface area (Å²) in [6.07, 6.45) is 6.16. The highest BCUT2D eigenvalue weighted by atomic mass is 35.5. The molecule has 2 heterocycles. The van der Waals surface area contributed by atoms with Crippen LogP contribution >= 0.6 is 11.6 Å². The third-order valence-electron chi connectivity index (χ3n) is 14.9. The molecule has 2 N–H and O–H groups in total. The molecule has 0 spiro atoms. The minimum atomic E-state index is -4.22. The van der Waals surface area contributed by atoms with Gasteiger partial charge in [-0.3, -0.25) is 19.6 Å². The molecule has 10 aromatic rings. The molecular formula is C80H83ClN4O15S3. The van der Waals surface area contributed by atoms with Gasteiger partial charge in [-0.05, 0) is 191 Å². The van der Waals surface area contributed by atoms with Crippen molar-refractivity contribution in [3.63, 3.8) is 0 Å². The van der Waals surface area contributed by atoms with E-state index in [1.165, 1.54) is 24.4 Å². The normalized spacial score (nSPS) is 11.7. The average Bonchev–Trinajstić information content (AvgIpc) is 0.801. The first kappa shape index (κ1) is 78.3. The topological polar surface area (TPSA) is 259 Å². The summed E-state index contributed by atoms with van der Waals surface area (Å²) < 4.78 is 114. The Morgan fingerprint density at radius 1 is 0.388 bits per heavy atom. The predicted octanol–water partition coefficient (Wildman–Crippen LogP) is 17.9. The lowest BCUT2D eigenvalue weighted by atomic mass is 9.90. The van der Waals surface area contributed by atoms with Crippen LogP contribution in [-0.4, -0.2) is 91.2 Å². The van der Waals surface area contributed by atoms with E-state index in [4.69, 9.17) is 40.0 Å². The third-order valence-corrected chi connectivity index (χ3v) is 19.9. The zero-order chi connectivity index (χ0) is 74.9. The number of carbonyl (C=O) groups is 3. The van der Waals surface area contributed by atoms with Crippen molar-refractivity contribution in [3.8, 4) is 96.3 Å². The highest BCUT2D eigenvalue weighted by Crippen LogP contribution is 2.39. The largest absolute Gasteiger partial charge is 0.497 e. The third kappa shape index (κ3) is 23.6. The molecule has 2 aromatic heterocycles. The summed E-state index contributed by atoms with van der Waals surface area (Å²) in [6.45, 7) is 16.6. The molecule has 0 saturated carbocycles. The zero-order valence-corrected chi connectivity index (χ0v) is 62.5. The molecule has 10 rings (SSSR count). The number of ether oxygens (including phenoxy) is 6. The van der Waals surface area contributed by atoms with Gasteiger partial charge in [0.2, 0.25) is 0 Å². The van der Waals surface area contributed by atoms with Crippen LogP contribution in [0.4, 0.5) is 4.79 Å². The fourth-order valence-corrected chi connectivity index (χ4v) is 14.4. The summed E-state index contributed by atoms with van der Waals surface area (Å²) in [5.74, 6) is 2.07. The van der Waals surface area contributed by atoms with Gasteiger partial charge in [-0.25, -0.2) is 34.8 Å². The van der Waals surface area contributed by atoms with E-state index in [0.717, 1.165) is 62.4 Å². The second kappa shape index (κ2) is 34.1. The van der Waals surface area contributed by atoms with Crippen LogP contribution in [0, 0.1) is 10.8 Å². The van der Waals surface area contributed by atoms with Crippen molar-refractivity contribution in [1.82, 2.24) is 20.0 Å².